The third kappa shape index (κ3) is 4.24. The number of amides is 2. The molecule has 0 aliphatic carbocycles. The monoisotopic (exact) mass is 384 g/mol. The number of ether oxygens (including phenoxy) is 4. The van der Waals surface area contributed by atoms with Crippen molar-refractivity contribution in [2.24, 2.45) is 0 Å². The average molecular weight is 384 g/mol. The third-order valence-corrected chi connectivity index (χ3v) is 4.71. The van der Waals surface area contributed by atoms with E-state index in [1.54, 1.807) is 0 Å². The van der Waals surface area contributed by atoms with Gasteiger partial charge in [-0.3, -0.25) is 0 Å². The van der Waals surface area contributed by atoms with Crippen LogP contribution in [0.25, 0.3) is 0 Å². The van der Waals surface area contributed by atoms with Gasteiger partial charge in [0.15, 0.2) is 23.0 Å². The van der Waals surface area contributed by atoms with Gasteiger partial charge in [-0.25, -0.2) is 4.79 Å². The van der Waals surface area contributed by atoms with Crippen molar-refractivity contribution < 1.29 is 23.7 Å². The van der Waals surface area contributed by atoms with E-state index in [2.05, 4.69) is 10.6 Å². The quantitative estimate of drug-likeness (QED) is 0.767. The molecule has 148 valence electrons. The Balaban J connectivity index is 1.48. The van der Waals surface area contributed by atoms with E-state index >= 15 is 0 Å². The molecule has 0 spiro atoms. The predicted molar refractivity (Wildman–Crippen MR) is 103 cm³/mol. The number of nitrogens with one attached hydrogen (secondary N) is 2. The molecule has 2 aliphatic heterocycles. The molecule has 2 N–H and O–H groups in total. The van der Waals surface area contributed by atoms with E-state index in [1.807, 2.05) is 43.3 Å². The standard InChI is InChI=1S/C21H24N2O5/c1-2-7-22-21(24)23-16(8-14-3-5-17-19(10-14)27-12-25-17)9-15-4-6-18-20(11-15)28-13-26-18/h3-6,10-11,16H,2,7-9,12-13H2,1H3,(H2,22,23,24). The van der Waals surface area contributed by atoms with Crippen LogP contribution < -0.4 is 29.6 Å². The van der Waals surface area contributed by atoms with Crippen molar-refractivity contribution in [2.45, 2.75) is 32.2 Å². The molecule has 7 heteroatoms. The Morgan fingerprint density at radius 2 is 1.43 bits per heavy atom. The third-order valence-electron chi connectivity index (χ3n) is 4.71. The topological polar surface area (TPSA) is 78.1 Å². The minimum absolute atomic E-state index is 0.0856. The van der Waals surface area contributed by atoms with Crippen molar-refractivity contribution in [1.82, 2.24) is 10.6 Å². The van der Waals surface area contributed by atoms with Crippen LogP contribution in [0, 0.1) is 0 Å². The molecule has 7 nitrogen and oxygen atoms in total. The number of benzene rings is 2. The molecule has 2 aromatic carbocycles. The maximum Gasteiger partial charge on any atom is 0.315 e. The van der Waals surface area contributed by atoms with E-state index in [9.17, 15) is 4.79 Å². The van der Waals surface area contributed by atoms with E-state index in [4.69, 9.17) is 18.9 Å². The summed E-state index contributed by atoms with van der Waals surface area (Å²) in [6.45, 7) is 3.16. The molecule has 0 aromatic heterocycles. The summed E-state index contributed by atoms with van der Waals surface area (Å²) >= 11 is 0. The fourth-order valence-electron chi connectivity index (χ4n) is 3.35. The van der Waals surface area contributed by atoms with E-state index in [-0.39, 0.29) is 25.7 Å². The van der Waals surface area contributed by atoms with Crippen LogP contribution in [-0.2, 0) is 12.8 Å². The van der Waals surface area contributed by atoms with E-state index in [1.165, 1.54) is 0 Å². The summed E-state index contributed by atoms with van der Waals surface area (Å²) in [5, 5.41) is 5.97. The lowest BCUT2D eigenvalue weighted by Crippen LogP contribution is -2.44. The lowest BCUT2D eigenvalue weighted by molar-refractivity contribution is 0.173. The SMILES string of the molecule is CCCNC(=O)NC(Cc1ccc2c(c1)OCO2)Cc1ccc2c(c1)OCO2. The van der Waals surface area contributed by atoms with Crippen LogP contribution in [0.4, 0.5) is 4.79 Å². The molecule has 2 heterocycles. The van der Waals surface area contributed by atoms with Gasteiger partial charge in [0.05, 0.1) is 0 Å². The highest BCUT2D eigenvalue weighted by atomic mass is 16.7. The van der Waals surface area contributed by atoms with Crippen LogP contribution in [0.2, 0.25) is 0 Å². The predicted octanol–water partition coefficient (Wildman–Crippen LogP) is 3.01. The molecule has 0 saturated carbocycles. The Hall–Kier alpha value is -3.09. The molecule has 28 heavy (non-hydrogen) atoms. The Bertz CT molecular complexity index is 795. The summed E-state index contributed by atoms with van der Waals surface area (Å²) in [5.74, 6) is 3.00. The summed E-state index contributed by atoms with van der Waals surface area (Å²) in [4.78, 5) is 12.3. The number of rotatable bonds is 7. The van der Waals surface area contributed by atoms with Crippen LogP contribution in [0.5, 0.6) is 23.0 Å². The van der Waals surface area contributed by atoms with Gasteiger partial charge >= 0.3 is 6.03 Å². The Labute approximate surface area is 163 Å². The molecule has 4 rings (SSSR count). The molecular formula is C21H24N2O5. The van der Waals surface area contributed by atoms with Crippen LogP contribution in [-0.4, -0.2) is 32.2 Å². The molecule has 0 saturated heterocycles. The number of hydrogen-bond donors (Lipinski definition) is 2. The second-order valence-corrected chi connectivity index (χ2v) is 6.88. The van der Waals surface area contributed by atoms with Gasteiger partial charge in [-0.2, -0.15) is 0 Å². The van der Waals surface area contributed by atoms with Crippen LogP contribution in [0.1, 0.15) is 24.5 Å². The molecule has 2 aromatic rings. The van der Waals surface area contributed by atoms with Gasteiger partial charge in [-0.1, -0.05) is 19.1 Å². The van der Waals surface area contributed by atoms with Crippen molar-refractivity contribution in [3.63, 3.8) is 0 Å². The molecule has 0 fully saturated rings. The first-order valence-electron chi connectivity index (χ1n) is 9.52. The average Bonchev–Trinajstić information content (AvgIpc) is 3.34. The minimum Gasteiger partial charge on any atom is -0.454 e. The Morgan fingerprint density at radius 1 is 0.893 bits per heavy atom. The van der Waals surface area contributed by atoms with E-state index in [0.29, 0.717) is 19.4 Å². The summed E-state index contributed by atoms with van der Waals surface area (Å²) < 4.78 is 21.7. The van der Waals surface area contributed by atoms with Crippen LogP contribution in [0.3, 0.4) is 0 Å². The Morgan fingerprint density at radius 3 is 1.96 bits per heavy atom. The van der Waals surface area contributed by atoms with Gasteiger partial charge < -0.3 is 29.6 Å². The summed E-state index contributed by atoms with van der Waals surface area (Å²) in [6.07, 6.45) is 2.23. The normalized spacial score (nSPS) is 13.6. The smallest absolute Gasteiger partial charge is 0.315 e. The van der Waals surface area contributed by atoms with Gasteiger partial charge in [0, 0.05) is 12.6 Å². The van der Waals surface area contributed by atoms with E-state index < -0.39 is 0 Å². The number of carbonyl (C=O) groups excluding carboxylic acids is 1. The Kier molecular flexibility index (Phi) is 5.41. The zero-order chi connectivity index (χ0) is 19.3. The highest BCUT2D eigenvalue weighted by Gasteiger charge is 2.19. The lowest BCUT2D eigenvalue weighted by atomic mass is 9.98. The summed E-state index contributed by atoms with van der Waals surface area (Å²) in [5.41, 5.74) is 2.15. The largest absolute Gasteiger partial charge is 0.454 e. The van der Waals surface area contributed by atoms with Crippen molar-refractivity contribution in [3.8, 4) is 23.0 Å². The first-order chi connectivity index (χ1) is 13.7. The maximum atomic E-state index is 12.3. The van der Waals surface area contributed by atoms with Crippen molar-refractivity contribution in [3.05, 3.63) is 47.5 Å². The van der Waals surface area contributed by atoms with Crippen molar-refractivity contribution in [2.75, 3.05) is 20.1 Å². The molecule has 0 unspecified atom stereocenters. The fraction of sp³-hybridized carbons (Fsp3) is 0.381. The zero-order valence-electron chi connectivity index (χ0n) is 15.8. The molecule has 0 atom stereocenters. The fourth-order valence-corrected chi connectivity index (χ4v) is 3.35. The zero-order valence-corrected chi connectivity index (χ0v) is 15.8. The van der Waals surface area contributed by atoms with Crippen LogP contribution >= 0.6 is 0 Å². The number of urea groups is 1. The van der Waals surface area contributed by atoms with Gasteiger partial charge in [-0.05, 0) is 54.7 Å². The van der Waals surface area contributed by atoms with Gasteiger partial charge in [0.25, 0.3) is 0 Å². The number of fused-ring (bicyclic) bond motifs is 2. The molecule has 0 bridgehead atoms. The molecule has 2 amide bonds. The summed E-state index contributed by atoms with van der Waals surface area (Å²) in [6, 6.07) is 11.5. The maximum absolute atomic E-state index is 12.3. The van der Waals surface area contributed by atoms with Crippen molar-refractivity contribution >= 4 is 6.03 Å². The van der Waals surface area contributed by atoms with E-state index in [0.717, 1.165) is 40.5 Å². The van der Waals surface area contributed by atoms with Crippen LogP contribution in [0.15, 0.2) is 36.4 Å². The second kappa shape index (κ2) is 8.29. The minimum atomic E-state index is -0.159. The highest BCUT2D eigenvalue weighted by Crippen LogP contribution is 2.34. The number of carbonyl (C=O) groups is 1. The highest BCUT2D eigenvalue weighted by molar-refractivity contribution is 5.74. The van der Waals surface area contributed by atoms with Gasteiger partial charge in [0.1, 0.15) is 0 Å². The van der Waals surface area contributed by atoms with Crippen molar-refractivity contribution in [1.29, 1.82) is 0 Å². The molecular weight excluding hydrogens is 360 g/mol. The molecule has 0 radical (unpaired) electrons. The first-order valence-corrected chi connectivity index (χ1v) is 9.52. The van der Waals surface area contributed by atoms with Gasteiger partial charge in [-0.15, -0.1) is 0 Å². The lowest BCUT2D eigenvalue weighted by Gasteiger charge is -2.20. The molecule has 2 aliphatic rings. The number of hydrogen-bond acceptors (Lipinski definition) is 5. The second-order valence-electron chi connectivity index (χ2n) is 6.88. The summed E-state index contributed by atoms with van der Waals surface area (Å²) in [7, 11) is 0. The first kappa shape index (κ1) is 18.3. The van der Waals surface area contributed by atoms with Gasteiger partial charge in [0.2, 0.25) is 13.6 Å².